The summed E-state index contributed by atoms with van der Waals surface area (Å²) in [5, 5.41) is 21.1. The van der Waals surface area contributed by atoms with Crippen LogP contribution in [0.2, 0.25) is 5.02 Å². The molecule has 4 rings (SSSR count). The molecule has 6 nitrogen and oxygen atoms in total. The summed E-state index contributed by atoms with van der Waals surface area (Å²) in [5.41, 5.74) is 3.45. The lowest BCUT2D eigenvalue weighted by Crippen LogP contribution is -2.34. The van der Waals surface area contributed by atoms with Crippen LogP contribution in [0.3, 0.4) is 0 Å². The molecule has 2 aromatic rings. The first kappa shape index (κ1) is 17.5. The second-order valence-electron chi connectivity index (χ2n) is 7.26. The van der Waals surface area contributed by atoms with E-state index in [-0.39, 0.29) is 11.8 Å². The van der Waals surface area contributed by atoms with Gasteiger partial charge in [0.15, 0.2) is 0 Å². The molecule has 1 aromatic heterocycles. The lowest BCUT2D eigenvalue weighted by molar-refractivity contribution is 0.0926. The summed E-state index contributed by atoms with van der Waals surface area (Å²) in [6.45, 7) is 3.72. The van der Waals surface area contributed by atoms with Crippen molar-refractivity contribution in [1.29, 1.82) is 0 Å². The number of aryl methyl sites for hydroxylation is 1. The van der Waals surface area contributed by atoms with Crippen LogP contribution in [0.1, 0.15) is 40.4 Å². The Hall–Kier alpha value is -1.89. The van der Waals surface area contributed by atoms with E-state index in [0.29, 0.717) is 29.6 Å². The van der Waals surface area contributed by atoms with Crippen molar-refractivity contribution >= 4 is 17.5 Å². The molecule has 1 saturated heterocycles. The van der Waals surface area contributed by atoms with E-state index in [1.54, 1.807) is 6.20 Å². The second kappa shape index (κ2) is 7.02. The van der Waals surface area contributed by atoms with Gasteiger partial charge >= 0.3 is 0 Å². The number of aliphatic hydroxyl groups excluding tert-OH is 1. The van der Waals surface area contributed by atoms with E-state index >= 15 is 0 Å². The third kappa shape index (κ3) is 3.37. The van der Waals surface area contributed by atoms with Crippen LogP contribution in [0.15, 0.2) is 24.4 Å². The first-order valence-corrected chi connectivity index (χ1v) is 9.44. The van der Waals surface area contributed by atoms with Gasteiger partial charge in [-0.05, 0) is 37.5 Å². The molecule has 26 heavy (non-hydrogen) atoms. The van der Waals surface area contributed by atoms with Crippen LogP contribution in [-0.4, -0.2) is 46.5 Å². The molecular formula is C19H23ClN4O2. The van der Waals surface area contributed by atoms with Crippen molar-refractivity contribution in [2.75, 3.05) is 19.6 Å². The van der Waals surface area contributed by atoms with E-state index in [0.717, 1.165) is 36.3 Å². The Morgan fingerprint density at radius 2 is 2.23 bits per heavy atom. The molecule has 1 aliphatic heterocycles. The predicted molar refractivity (Wildman–Crippen MR) is 100.0 cm³/mol. The molecule has 1 amide bonds. The summed E-state index contributed by atoms with van der Waals surface area (Å²) in [6, 6.07) is 5.82. The number of aromatic nitrogens is 2. The zero-order valence-electron chi connectivity index (χ0n) is 14.7. The fourth-order valence-corrected chi connectivity index (χ4v) is 3.62. The van der Waals surface area contributed by atoms with Gasteiger partial charge in [0.05, 0.1) is 29.2 Å². The van der Waals surface area contributed by atoms with Crippen LogP contribution in [0.25, 0.3) is 5.69 Å². The van der Waals surface area contributed by atoms with Crippen LogP contribution < -0.4 is 10.6 Å². The lowest BCUT2D eigenvalue weighted by atomic mass is 10.1. The molecule has 0 bridgehead atoms. The first-order valence-electron chi connectivity index (χ1n) is 9.06. The molecular weight excluding hydrogens is 352 g/mol. The highest BCUT2D eigenvalue weighted by molar-refractivity contribution is 6.31. The van der Waals surface area contributed by atoms with Crippen molar-refractivity contribution < 1.29 is 9.90 Å². The third-order valence-electron chi connectivity index (χ3n) is 5.24. The number of aliphatic hydroxyl groups is 1. The number of amides is 1. The molecule has 3 N–H and O–H groups in total. The maximum Gasteiger partial charge on any atom is 0.254 e. The van der Waals surface area contributed by atoms with E-state index in [4.69, 9.17) is 11.6 Å². The largest absolute Gasteiger partial charge is 0.391 e. The fourth-order valence-electron chi connectivity index (χ4n) is 3.45. The van der Waals surface area contributed by atoms with E-state index in [2.05, 4.69) is 15.7 Å². The van der Waals surface area contributed by atoms with Crippen molar-refractivity contribution in [3.63, 3.8) is 0 Å². The Labute approximate surface area is 157 Å². The maximum atomic E-state index is 12.7. The number of halogens is 1. The van der Waals surface area contributed by atoms with Crippen molar-refractivity contribution in [2.24, 2.45) is 5.92 Å². The van der Waals surface area contributed by atoms with Crippen molar-refractivity contribution in [3.8, 4) is 5.69 Å². The maximum absolute atomic E-state index is 12.7. The summed E-state index contributed by atoms with van der Waals surface area (Å²) in [5.74, 6) is 0.279. The van der Waals surface area contributed by atoms with Gasteiger partial charge in [0.1, 0.15) is 0 Å². The topological polar surface area (TPSA) is 79.2 Å². The summed E-state index contributed by atoms with van der Waals surface area (Å²) >= 11 is 6.27. The van der Waals surface area contributed by atoms with Crippen molar-refractivity contribution in [1.82, 2.24) is 20.4 Å². The molecule has 0 radical (unpaired) electrons. The minimum atomic E-state index is -0.407. The number of nitrogens with one attached hydrogen (secondary N) is 2. The summed E-state index contributed by atoms with van der Waals surface area (Å²) in [7, 11) is 0. The number of hydrogen-bond acceptors (Lipinski definition) is 4. The van der Waals surface area contributed by atoms with Crippen molar-refractivity contribution in [3.05, 3.63) is 46.2 Å². The van der Waals surface area contributed by atoms with Crippen LogP contribution in [0.5, 0.6) is 0 Å². The van der Waals surface area contributed by atoms with Gasteiger partial charge in [-0.3, -0.25) is 4.79 Å². The minimum absolute atomic E-state index is 0.0503. The Balaban J connectivity index is 1.57. The average molecular weight is 375 g/mol. The standard InChI is InChI=1S/C19H23ClN4O2/c1-11-2-5-14(6-16(11)20)24-18(12-3-4-12)15(9-23-24)19(26)22-8-13-7-21-10-17(13)25/h2,5-6,9,12-13,17,21,25H,3-4,7-8,10H2,1H3,(H,22,26). The number of nitrogens with zero attached hydrogens (tertiary/aromatic N) is 2. The molecule has 2 aliphatic rings. The van der Waals surface area contributed by atoms with Gasteiger partial charge in [-0.1, -0.05) is 17.7 Å². The molecule has 2 heterocycles. The van der Waals surface area contributed by atoms with E-state index in [9.17, 15) is 9.90 Å². The minimum Gasteiger partial charge on any atom is -0.391 e. The van der Waals surface area contributed by atoms with E-state index in [1.165, 1.54) is 0 Å². The molecule has 2 unspecified atom stereocenters. The SMILES string of the molecule is Cc1ccc(-n2ncc(C(=O)NCC3CNCC3O)c2C2CC2)cc1Cl. The zero-order valence-corrected chi connectivity index (χ0v) is 15.5. The van der Waals surface area contributed by atoms with Gasteiger partial charge in [0.25, 0.3) is 5.91 Å². The van der Waals surface area contributed by atoms with Gasteiger partial charge in [0.2, 0.25) is 0 Å². The summed E-state index contributed by atoms with van der Waals surface area (Å²) in [6.07, 6.45) is 3.36. The van der Waals surface area contributed by atoms with Gasteiger partial charge in [0, 0.05) is 36.5 Å². The number of rotatable bonds is 5. The summed E-state index contributed by atoms with van der Waals surface area (Å²) in [4.78, 5) is 12.7. The lowest BCUT2D eigenvalue weighted by Gasteiger charge is -2.14. The average Bonchev–Trinajstić information content (AvgIpc) is 3.23. The molecule has 1 aromatic carbocycles. The van der Waals surface area contributed by atoms with Gasteiger partial charge in [-0.25, -0.2) is 4.68 Å². The highest BCUT2D eigenvalue weighted by Gasteiger charge is 2.33. The molecule has 2 atom stereocenters. The highest BCUT2D eigenvalue weighted by atomic mass is 35.5. The van der Waals surface area contributed by atoms with E-state index in [1.807, 2.05) is 29.8 Å². The van der Waals surface area contributed by atoms with Crippen LogP contribution in [0.4, 0.5) is 0 Å². The Morgan fingerprint density at radius 3 is 2.88 bits per heavy atom. The Bertz CT molecular complexity index is 831. The highest BCUT2D eigenvalue weighted by Crippen LogP contribution is 2.42. The Morgan fingerprint density at radius 1 is 1.42 bits per heavy atom. The Kier molecular flexibility index (Phi) is 4.73. The quantitative estimate of drug-likeness (QED) is 0.748. The van der Waals surface area contributed by atoms with Crippen LogP contribution >= 0.6 is 11.6 Å². The van der Waals surface area contributed by atoms with Gasteiger partial charge in [-0.15, -0.1) is 0 Å². The molecule has 1 aliphatic carbocycles. The molecule has 1 saturated carbocycles. The van der Waals surface area contributed by atoms with Gasteiger partial charge < -0.3 is 15.7 Å². The number of carbonyl (C=O) groups is 1. The normalized spacial score (nSPS) is 22.6. The molecule has 138 valence electrons. The first-order chi connectivity index (χ1) is 12.5. The van der Waals surface area contributed by atoms with Crippen LogP contribution in [-0.2, 0) is 0 Å². The molecule has 0 spiro atoms. The predicted octanol–water partition coefficient (Wildman–Crippen LogP) is 2.02. The second-order valence-corrected chi connectivity index (χ2v) is 7.67. The smallest absolute Gasteiger partial charge is 0.254 e. The van der Waals surface area contributed by atoms with Crippen LogP contribution in [0, 0.1) is 12.8 Å². The zero-order chi connectivity index (χ0) is 18.3. The van der Waals surface area contributed by atoms with Crippen molar-refractivity contribution in [2.45, 2.75) is 31.8 Å². The number of hydrogen-bond donors (Lipinski definition) is 3. The number of β-amino-alcohol motifs (C(OH)–C–C–N with tert-alkyl or cyclic N) is 1. The summed E-state index contributed by atoms with van der Waals surface area (Å²) < 4.78 is 1.84. The fraction of sp³-hybridized carbons (Fsp3) is 0.474. The number of carbonyl (C=O) groups excluding carboxylic acids is 1. The monoisotopic (exact) mass is 374 g/mol. The van der Waals surface area contributed by atoms with Gasteiger partial charge in [-0.2, -0.15) is 5.10 Å². The molecule has 7 heteroatoms. The van der Waals surface area contributed by atoms with E-state index < -0.39 is 6.10 Å². The number of benzene rings is 1. The third-order valence-corrected chi connectivity index (χ3v) is 5.65. The molecule has 2 fully saturated rings.